The van der Waals surface area contributed by atoms with Gasteiger partial charge in [0, 0.05) is 56.7 Å². The molecule has 2 N–H and O–H groups in total. The van der Waals surface area contributed by atoms with E-state index in [2.05, 4.69) is 48.5 Å². The molecule has 0 bridgehead atoms. The van der Waals surface area contributed by atoms with Gasteiger partial charge in [-0.1, -0.05) is 36.4 Å². The van der Waals surface area contributed by atoms with E-state index in [-0.39, 0.29) is 6.04 Å². The molecular weight excluding hydrogens is 452 g/mol. The molecule has 0 unspecified atom stereocenters. The molecule has 36 heavy (non-hydrogen) atoms. The van der Waals surface area contributed by atoms with Gasteiger partial charge in [0.15, 0.2) is 5.82 Å². The largest absolute Gasteiger partial charge is 0.383 e. The summed E-state index contributed by atoms with van der Waals surface area (Å²) in [6.07, 6.45) is 4.02. The van der Waals surface area contributed by atoms with Crippen molar-refractivity contribution < 1.29 is 4.74 Å². The predicted molar refractivity (Wildman–Crippen MR) is 139 cm³/mol. The summed E-state index contributed by atoms with van der Waals surface area (Å²) in [5.41, 5.74) is 5.31. The van der Waals surface area contributed by atoms with Crippen LogP contribution in [0.5, 0.6) is 0 Å². The van der Waals surface area contributed by atoms with E-state index in [1.807, 2.05) is 42.6 Å². The number of benzene rings is 1. The van der Waals surface area contributed by atoms with Gasteiger partial charge < -0.3 is 15.0 Å². The molecule has 2 aliphatic heterocycles. The Bertz CT molecular complexity index is 1310. The smallest absolute Gasteiger partial charge is 0.228 e. The van der Waals surface area contributed by atoms with Crippen LogP contribution in [0.25, 0.3) is 11.3 Å². The number of ether oxygens (including phenoxy) is 1. The van der Waals surface area contributed by atoms with Gasteiger partial charge in [0.1, 0.15) is 5.82 Å². The number of nitrogens with zero attached hydrogens (tertiary/aromatic N) is 6. The number of H-pyrrole nitrogens is 1. The zero-order chi connectivity index (χ0) is 24.3. The zero-order valence-corrected chi connectivity index (χ0v) is 20.4. The van der Waals surface area contributed by atoms with Crippen LogP contribution in [0.15, 0.2) is 60.8 Å². The van der Waals surface area contributed by atoms with Gasteiger partial charge in [-0.15, -0.1) is 0 Å². The van der Waals surface area contributed by atoms with Crippen LogP contribution < -0.4 is 10.2 Å². The van der Waals surface area contributed by atoms with Crippen LogP contribution >= 0.6 is 0 Å². The Morgan fingerprint density at radius 1 is 1.08 bits per heavy atom. The van der Waals surface area contributed by atoms with E-state index in [0.29, 0.717) is 6.61 Å². The molecule has 1 atom stereocenters. The second-order valence-corrected chi connectivity index (χ2v) is 9.37. The maximum absolute atomic E-state index is 5.47. The first-order valence-corrected chi connectivity index (χ1v) is 12.4. The summed E-state index contributed by atoms with van der Waals surface area (Å²) >= 11 is 0. The molecule has 0 saturated carbocycles. The minimum Gasteiger partial charge on any atom is -0.383 e. The molecule has 184 valence electrons. The average Bonchev–Trinajstić information content (AvgIpc) is 3.63. The maximum Gasteiger partial charge on any atom is 0.228 e. The van der Waals surface area contributed by atoms with Gasteiger partial charge in [-0.25, -0.2) is 4.98 Å². The number of fused-ring (bicyclic) bond motifs is 1. The molecule has 6 rings (SSSR count). The Labute approximate surface area is 210 Å². The minimum absolute atomic E-state index is 0.281. The van der Waals surface area contributed by atoms with Gasteiger partial charge in [-0.3, -0.25) is 15.0 Å². The van der Waals surface area contributed by atoms with Gasteiger partial charge in [-0.2, -0.15) is 10.1 Å². The third kappa shape index (κ3) is 4.67. The number of pyridine rings is 1. The van der Waals surface area contributed by atoms with E-state index in [0.717, 1.165) is 79.2 Å². The molecule has 1 fully saturated rings. The molecule has 0 amide bonds. The van der Waals surface area contributed by atoms with Crippen LogP contribution in [0, 0.1) is 0 Å². The average molecular weight is 483 g/mol. The fourth-order valence-corrected chi connectivity index (χ4v) is 5.11. The lowest BCUT2D eigenvalue weighted by molar-refractivity contribution is 0.180. The number of anilines is 3. The molecule has 4 aromatic rings. The second kappa shape index (κ2) is 10.0. The van der Waals surface area contributed by atoms with Crippen molar-refractivity contribution in [1.82, 2.24) is 30.0 Å². The van der Waals surface area contributed by atoms with E-state index in [1.165, 1.54) is 5.56 Å². The molecule has 3 aromatic heterocycles. The van der Waals surface area contributed by atoms with Gasteiger partial charge in [-0.05, 0) is 25.0 Å². The second-order valence-electron chi connectivity index (χ2n) is 9.37. The Hall–Kier alpha value is -3.82. The maximum atomic E-state index is 5.47. The molecule has 9 heteroatoms. The first-order valence-electron chi connectivity index (χ1n) is 12.4. The number of rotatable bonds is 8. The number of nitrogens with one attached hydrogen (secondary N) is 2. The number of methoxy groups -OCH3 is 1. The topological polar surface area (TPSA) is 95.1 Å². The fraction of sp³-hybridized carbons (Fsp3) is 0.333. The number of aromatic amines is 1. The van der Waals surface area contributed by atoms with Gasteiger partial charge in [0.2, 0.25) is 5.95 Å². The highest BCUT2D eigenvalue weighted by molar-refractivity contribution is 5.68. The van der Waals surface area contributed by atoms with Crippen molar-refractivity contribution in [3.05, 3.63) is 77.7 Å². The van der Waals surface area contributed by atoms with E-state index < -0.39 is 0 Å². The quantitative estimate of drug-likeness (QED) is 0.387. The first kappa shape index (κ1) is 22.6. The van der Waals surface area contributed by atoms with Crippen molar-refractivity contribution in [3.8, 4) is 11.3 Å². The summed E-state index contributed by atoms with van der Waals surface area (Å²) in [5, 5.41) is 11.3. The normalized spacial score (nSPS) is 17.5. The Balaban J connectivity index is 1.28. The van der Waals surface area contributed by atoms with Gasteiger partial charge >= 0.3 is 0 Å². The van der Waals surface area contributed by atoms with E-state index in [9.17, 15) is 0 Å². The van der Waals surface area contributed by atoms with Crippen LogP contribution in [-0.4, -0.2) is 56.4 Å². The van der Waals surface area contributed by atoms with Crippen LogP contribution in [0.4, 0.5) is 17.6 Å². The molecule has 5 heterocycles. The number of aromatic nitrogens is 5. The highest BCUT2D eigenvalue weighted by Crippen LogP contribution is 2.32. The minimum atomic E-state index is 0.281. The van der Waals surface area contributed by atoms with Crippen molar-refractivity contribution >= 4 is 17.6 Å². The molecule has 1 aromatic carbocycles. The summed E-state index contributed by atoms with van der Waals surface area (Å²) in [6.45, 7) is 4.01. The summed E-state index contributed by atoms with van der Waals surface area (Å²) in [4.78, 5) is 19.0. The Kier molecular flexibility index (Phi) is 6.31. The molecule has 1 saturated heterocycles. The van der Waals surface area contributed by atoms with Gasteiger partial charge in [0.25, 0.3) is 0 Å². The van der Waals surface area contributed by atoms with Gasteiger partial charge in [0.05, 0.1) is 29.7 Å². The number of hydrogen-bond donors (Lipinski definition) is 2. The van der Waals surface area contributed by atoms with Crippen molar-refractivity contribution in [3.63, 3.8) is 0 Å². The lowest BCUT2D eigenvalue weighted by Gasteiger charge is -2.25. The lowest BCUT2D eigenvalue weighted by Crippen LogP contribution is -2.34. The van der Waals surface area contributed by atoms with Crippen LogP contribution in [0.3, 0.4) is 0 Å². The van der Waals surface area contributed by atoms with Crippen molar-refractivity contribution in [2.75, 3.05) is 30.5 Å². The Morgan fingerprint density at radius 2 is 1.97 bits per heavy atom. The van der Waals surface area contributed by atoms with Crippen LogP contribution in [0.2, 0.25) is 0 Å². The third-order valence-electron chi connectivity index (χ3n) is 6.85. The SMILES string of the molecule is COC[C@@H]1CCCN1c1nc(Nc2n[nH]c3c2CN(Cc2ccccn2)C3)cc(-c2ccccc2)n1. The highest BCUT2D eigenvalue weighted by Gasteiger charge is 2.29. The monoisotopic (exact) mass is 482 g/mol. The standard InChI is InChI=1S/C27H30N8O/c1-36-18-21-11-7-13-35(21)27-29-23(19-8-3-2-4-9-19)14-25(31-27)30-26-22-16-34(17-24(22)32-33-26)15-20-10-5-6-12-28-20/h2-6,8-10,12,14,21H,7,11,13,15-18H2,1H3,(H2,29,30,31,32,33)/t21-/m0/s1. The summed E-state index contributed by atoms with van der Waals surface area (Å²) in [7, 11) is 1.75. The molecular formula is C27H30N8O. The Morgan fingerprint density at radius 3 is 2.81 bits per heavy atom. The van der Waals surface area contributed by atoms with Crippen molar-refractivity contribution in [2.45, 2.75) is 38.5 Å². The number of hydrogen-bond acceptors (Lipinski definition) is 8. The van der Waals surface area contributed by atoms with Crippen molar-refractivity contribution in [1.29, 1.82) is 0 Å². The molecule has 0 radical (unpaired) electrons. The molecule has 9 nitrogen and oxygen atoms in total. The van der Waals surface area contributed by atoms with E-state index in [4.69, 9.17) is 14.7 Å². The fourth-order valence-electron chi connectivity index (χ4n) is 5.11. The summed E-state index contributed by atoms with van der Waals surface area (Å²) < 4.78 is 5.47. The summed E-state index contributed by atoms with van der Waals surface area (Å²) in [6, 6.07) is 18.6. The lowest BCUT2D eigenvalue weighted by atomic mass is 10.1. The summed E-state index contributed by atoms with van der Waals surface area (Å²) in [5.74, 6) is 2.27. The van der Waals surface area contributed by atoms with Crippen LogP contribution in [0.1, 0.15) is 29.8 Å². The molecule has 0 spiro atoms. The third-order valence-corrected chi connectivity index (χ3v) is 6.85. The van der Waals surface area contributed by atoms with E-state index >= 15 is 0 Å². The van der Waals surface area contributed by atoms with E-state index in [1.54, 1.807) is 7.11 Å². The first-order chi connectivity index (χ1) is 17.8. The highest BCUT2D eigenvalue weighted by atomic mass is 16.5. The predicted octanol–water partition coefficient (Wildman–Crippen LogP) is 4.14. The zero-order valence-electron chi connectivity index (χ0n) is 20.4. The van der Waals surface area contributed by atoms with Crippen LogP contribution in [-0.2, 0) is 24.4 Å². The molecule has 0 aliphatic carbocycles. The molecule has 2 aliphatic rings. The van der Waals surface area contributed by atoms with Crippen molar-refractivity contribution in [2.24, 2.45) is 0 Å².